The second-order valence-corrected chi connectivity index (χ2v) is 6.27. The minimum absolute atomic E-state index is 0.413. The Morgan fingerprint density at radius 3 is 2.83 bits per heavy atom. The van der Waals surface area contributed by atoms with Crippen LogP contribution in [0.3, 0.4) is 0 Å². The quantitative estimate of drug-likeness (QED) is 0.884. The normalized spacial score (nSPS) is 11.5. The van der Waals surface area contributed by atoms with Crippen LogP contribution in [0.5, 0.6) is 0 Å². The van der Waals surface area contributed by atoms with Gasteiger partial charge < -0.3 is 19.0 Å². The molecular weight excluding hydrogens is 296 g/mol. The Kier molecular flexibility index (Phi) is 5.41. The van der Waals surface area contributed by atoms with E-state index in [0.717, 1.165) is 17.9 Å². The number of carbonyl (C=O) groups excluding carboxylic acids is 1. The van der Waals surface area contributed by atoms with Gasteiger partial charge in [0.05, 0.1) is 12.5 Å². The minimum Gasteiger partial charge on any atom is -0.444 e. The maximum Gasteiger partial charge on any atom is 0.407 e. The molecular formula is C16H24N4O3. The van der Waals surface area contributed by atoms with E-state index in [4.69, 9.17) is 9.15 Å². The molecule has 0 aliphatic rings. The molecule has 2 rings (SSSR count). The van der Waals surface area contributed by atoms with E-state index in [1.54, 1.807) is 18.7 Å². The third kappa shape index (κ3) is 5.43. The lowest BCUT2D eigenvalue weighted by Gasteiger charge is -2.19. The molecule has 0 fully saturated rings. The first kappa shape index (κ1) is 17.1. The Morgan fingerprint density at radius 2 is 2.17 bits per heavy atom. The Morgan fingerprint density at radius 1 is 1.39 bits per heavy atom. The molecule has 0 radical (unpaired) electrons. The summed E-state index contributed by atoms with van der Waals surface area (Å²) in [5, 5.41) is 2.74. The van der Waals surface area contributed by atoms with E-state index in [0.29, 0.717) is 25.4 Å². The molecule has 2 heterocycles. The van der Waals surface area contributed by atoms with Gasteiger partial charge in [0.25, 0.3) is 0 Å². The second-order valence-electron chi connectivity index (χ2n) is 6.27. The average molecular weight is 320 g/mol. The fourth-order valence-corrected chi connectivity index (χ4v) is 2.04. The highest BCUT2D eigenvalue weighted by Crippen LogP contribution is 2.09. The van der Waals surface area contributed by atoms with Crippen LogP contribution in [0, 0.1) is 0 Å². The van der Waals surface area contributed by atoms with Gasteiger partial charge >= 0.3 is 6.09 Å². The Labute approximate surface area is 136 Å². The molecule has 2 aromatic rings. The molecule has 1 N–H and O–H groups in total. The summed E-state index contributed by atoms with van der Waals surface area (Å²) in [5.74, 6) is 1.52. The molecule has 0 aromatic carbocycles. The molecule has 0 atom stereocenters. The molecule has 0 aliphatic carbocycles. The number of nitrogens with one attached hydrogen (secondary N) is 1. The van der Waals surface area contributed by atoms with Gasteiger partial charge in [-0.3, -0.25) is 0 Å². The van der Waals surface area contributed by atoms with Crippen molar-refractivity contribution < 1.29 is 13.9 Å². The zero-order valence-electron chi connectivity index (χ0n) is 14.1. The van der Waals surface area contributed by atoms with Crippen LogP contribution >= 0.6 is 0 Å². The molecule has 0 saturated heterocycles. The second kappa shape index (κ2) is 7.30. The Bertz CT molecular complexity index is 640. The van der Waals surface area contributed by atoms with Crippen molar-refractivity contribution in [3.05, 3.63) is 36.1 Å². The van der Waals surface area contributed by atoms with Crippen molar-refractivity contribution in [2.24, 2.45) is 0 Å². The van der Waals surface area contributed by atoms with Crippen molar-refractivity contribution in [2.75, 3.05) is 6.54 Å². The summed E-state index contributed by atoms with van der Waals surface area (Å²) in [4.78, 5) is 20.0. The highest BCUT2D eigenvalue weighted by molar-refractivity contribution is 5.67. The number of alkyl carbamates (subject to hydrolysis) is 1. The number of amides is 1. The van der Waals surface area contributed by atoms with Crippen molar-refractivity contribution in [1.82, 2.24) is 19.9 Å². The van der Waals surface area contributed by atoms with E-state index in [2.05, 4.69) is 15.3 Å². The highest BCUT2D eigenvalue weighted by atomic mass is 16.6. The molecule has 0 spiro atoms. The number of carbonyl (C=O) groups is 1. The molecule has 7 heteroatoms. The van der Waals surface area contributed by atoms with Gasteiger partial charge in [0, 0.05) is 31.3 Å². The van der Waals surface area contributed by atoms with E-state index in [-0.39, 0.29) is 0 Å². The number of oxazole rings is 1. The standard InChI is InChI=1S/C16H24N4O3/c1-5-13-9-19-14(22-13)10-20-11-17-8-12(20)6-7-18-15(21)23-16(2,3)4/h8-9,11H,5-7,10H2,1-4H3,(H,18,21). The highest BCUT2D eigenvalue weighted by Gasteiger charge is 2.15. The van der Waals surface area contributed by atoms with Gasteiger partial charge in [0.15, 0.2) is 0 Å². The summed E-state index contributed by atoms with van der Waals surface area (Å²) in [6, 6.07) is 0. The summed E-state index contributed by atoms with van der Waals surface area (Å²) in [7, 11) is 0. The summed E-state index contributed by atoms with van der Waals surface area (Å²) in [5.41, 5.74) is 0.505. The van der Waals surface area contributed by atoms with E-state index < -0.39 is 11.7 Å². The van der Waals surface area contributed by atoms with Gasteiger partial charge in [-0.1, -0.05) is 6.92 Å². The molecule has 0 unspecified atom stereocenters. The zero-order chi connectivity index (χ0) is 16.9. The van der Waals surface area contributed by atoms with Crippen LogP contribution in [0.25, 0.3) is 0 Å². The van der Waals surface area contributed by atoms with Gasteiger partial charge in [-0.05, 0) is 20.8 Å². The van der Waals surface area contributed by atoms with Gasteiger partial charge in [-0.15, -0.1) is 0 Å². The number of hydrogen-bond donors (Lipinski definition) is 1. The van der Waals surface area contributed by atoms with Crippen molar-refractivity contribution >= 4 is 6.09 Å². The number of aryl methyl sites for hydroxylation is 1. The number of rotatable bonds is 6. The van der Waals surface area contributed by atoms with Gasteiger partial charge in [0.1, 0.15) is 17.9 Å². The number of ether oxygens (including phenoxy) is 1. The maximum atomic E-state index is 11.6. The van der Waals surface area contributed by atoms with E-state index in [1.807, 2.05) is 32.3 Å². The first-order valence-electron chi connectivity index (χ1n) is 7.77. The lowest BCUT2D eigenvalue weighted by Crippen LogP contribution is -2.33. The molecule has 0 aliphatic heterocycles. The molecule has 126 valence electrons. The molecule has 23 heavy (non-hydrogen) atoms. The maximum absolute atomic E-state index is 11.6. The number of imidazole rings is 1. The van der Waals surface area contributed by atoms with Gasteiger partial charge in [-0.25, -0.2) is 14.8 Å². The summed E-state index contributed by atoms with van der Waals surface area (Å²) >= 11 is 0. The third-order valence-electron chi connectivity index (χ3n) is 3.10. The van der Waals surface area contributed by atoms with Crippen molar-refractivity contribution in [2.45, 2.75) is 52.7 Å². The topological polar surface area (TPSA) is 82.2 Å². The molecule has 1 amide bonds. The van der Waals surface area contributed by atoms with Crippen LogP contribution in [-0.2, 0) is 24.1 Å². The summed E-state index contributed by atoms with van der Waals surface area (Å²) in [6.07, 6.45) is 6.32. The smallest absolute Gasteiger partial charge is 0.407 e. The van der Waals surface area contributed by atoms with E-state index in [9.17, 15) is 4.79 Å². The summed E-state index contributed by atoms with van der Waals surface area (Å²) in [6.45, 7) is 8.54. The zero-order valence-corrected chi connectivity index (χ0v) is 14.1. The lowest BCUT2D eigenvalue weighted by atomic mass is 10.2. The van der Waals surface area contributed by atoms with Crippen LogP contribution in [0.2, 0.25) is 0 Å². The van der Waals surface area contributed by atoms with E-state index in [1.165, 1.54) is 0 Å². The number of aromatic nitrogens is 3. The van der Waals surface area contributed by atoms with Crippen molar-refractivity contribution in [1.29, 1.82) is 0 Å². The monoisotopic (exact) mass is 320 g/mol. The van der Waals surface area contributed by atoms with Crippen LogP contribution in [-0.4, -0.2) is 32.8 Å². The SMILES string of the molecule is CCc1cnc(Cn2cncc2CCNC(=O)OC(C)(C)C)o1. The van der Waals surface area contributed by atoms with E-state index >= 15 is 0 Å². The predicted octanol–water partition coefficient (Wildman–Crippen LogP) is 2.55. The van der Waals surface area contributed by atoms with Gasteiger partial charge in [-0.2, -0.15) is 0 Å². The van der Waals surface area contributed by atoms with Crippen LogP contribution in [0.4, 0.5) is 4.79 Å². The lowest BCUT2D eigenvalue weighted by molar-refractivity contribution is 0.0528. The minimum atomic E-state index is -0.492. The first-order chi connectivity index (χ1) is 10.9. The fraction of sp³-hybridized carbons (Fsp3) is 0.562. The number of hydrogen-bond acceptors (Lipinski definition) is 5. The molecule has 0 saturated carbocycles. The fourth-order valence-electron chi connectivity index (χ4n) is 2.04. The van der Waals surface area contributed by atoms with Crippen molar-refractivity contribution in [3.8, 4) is 0 Å². The average Bonchev–Trinajstić information content (AvgIpc) is 3.07. The molecule has 2 aromatic heterocycles. The summed E-state index contributed by atoms with van der Waals surface area (Å²) < 4.78 is 12.8. The third-order valence-corrected chi connectivity index (χ3v) is 3.10. The predicted molar refractivity (Wildman–Crippen MR) is 85.2 cm³/mol. The van der Waals surface area contributed by atoms with Crippen LogP contribution < -0.4 is 5.32 Å². The van der Waals surface area contributed by atoms with Crippen LogP contribution in [0.1, 0.15) is 45.0 Å². The van der Waals surface area contributed by atoms with Crippen molar-refractivity contribution in [3.63, 3.8) is 0 Å². The molecule has 7 nitrogen and oxygen atoms in total. The molecule has 0 bridgehead atoms. The number of nitrogens with zero attached hydrogens (tertiary/aromatic N) is 3. The first-order valence-corrected chi connectivity index (χ1v) is 7.77. The Balaban J connectivity index is 1.85. The largest absolute Gasteiger partial charge is 0.444 e. The van der Waals surface area contributed by atoms with Crippen LogP contribution in [0.15, 0.2) is 23.1 Å². The van der Waals surface area contributed by atoms with Gasteiger partial charge in [0.2, 0.25) is 5.89 Å². The Hall–Kier alpha value is -2.31.